The third kappa shape index (κ3) is 3.57. The maximum Gasteiger partial charge on any atom is 0.138 e. The second kappa shape index (κ2) is 5.90. The summed E-state index contributed by atoms with van der Waals surface area (Å²) in [5.41, 5.74) is 0. The molecule has 0 atom stereocenters. The molecule has 78 valence electrons. The first-order valence-corrected chi connectivity index (χ1v) is 5.76. The van der Waals surface area contributed by atoms with Crippen molar-refractivity contribution >= 4 is 21.7 Å². The Labute approximate surface area is 91.8 Å². The summed E-state index contributed by atoms with van der Waals surface area (Å²) in [5, 5.41) is 4.84. The molecule has 0 amide bonds. The number of nitrogens with zero attached hydrogens (tertiary/aromatic N) is 3. The van der Waals surface area contributed by atoms with Crippen LogP contribution in [0.1, 0.15) is 25.1 Å². The minimum absolute atomic E-state index is 0.299. The highest BCUT2D eigenvalue weighted by Crippen LogP contribution is 2.02. The third-order valence-electron chi connectivity index (χ3n) is 2.02. The van der Waals surface area contributed by atoms with Gasteiger partial charge >= 0.3 is 0 Å². The monoisotopic (exact) mass is 259 g/mol. The average molecular weight is 260 g/mol. The summed E-state index contributed by atoms with van der Waals surface area (Å²) in [6, 6.07) is 0. The minimum atomic E-state index is 0.299. The number of carbonyl (C=O) groups is 1. The van der Waals surface area contributed by atoms with E-state index in [1.54, 1.807) is 4.68 Å². The Morgan fingerprint density at radius 2 is 2.36 bits per heavy atom. The van der Waals surface area contributed by atoms with Gasteiger partial charge in [0.2, 0.25) is 0 Å². The van der Waals surface area contributed by atoms with Gasteiger partial charge in [0.15, 0.2) is 0 Å². The number of hydrogen-bond donors (Lipinski definition) is 0. The highest BCUT2D eigenvalue weighted by molar-refractivity contribution is 9.09. The van der Waals surface area contributed by atoms with Crippen molar-refractivity contribution in [3.63, 3.8) is 0 Å². The minimum Gasteiger partial charge on any atom is -0.300 e. The van der Waals surface area contributed by atoms with E-state index in [4.69, 9.17) is 0 Å². The number of hydrogen-bond acceptors (Lipinski definition) is 3. The van der Waals surface area contributed by atoms with E-state index in [0.717, 1.165) is 17.6 Å². The van der Waals surface area contributed by atoms with Gasteiger partial charge in [0, 0.05) is 31.6 Å². The highest BCUT2D eigenvalue weighted by atomic mass is 79.9. The number of aryl methyl sites for hydroxylation is 2. The molecule has 0 radical (unpaired) electrons. The number of halogens is 1. The molecule has 1 rings (SSSR count). The number of rotatable bonds is 6. The Morgan fingerprint density at radius 3 is 2.93 bits per heavy atom. The van der Waals surface area contributed by atoms with Crippen molar-refractivity contribution < 1.29 is 4.79 Å². The zero-order chi connectivity index (χ0) is 10.4. The largest absolute Gasteiger partial charge is 0.300 e. The maximum atomic E-state index is 11.3. The summed E-state index contributed by atoms with van der Waals surface area (Å²) in [7, 11) is 1.84. The van der Waals surface area contributed by atoms with Crippen molar-refractivity contribution in [2.45, 2.75) is 25.7 Å². The Balaban J connectivity index is 2.27. The van der Waals surface area contributed by atoms with Gasteiger partial charge < -0.3 is 0 Å². The van der Waals surface area contributed by atoms with E-state index in [1.165, 1.54) is 6.33 Å². The molecule has 0 fully saturated rings. The molecule has 1 aromatic heterocycles. The Hall–Kier alpha value is -0.710. The van der Waals surface area contributed by atoms with Gasteiger partial charge in [-0.1, -0.05) is 15.9 Å². The molecule has 0 saturated heterocycles. The quantitative estimate of drug-likeness (QED) is 0.728. The molecule has 0 saturated carbocycles. The van der Waals surface area contributed by atoms with E-state index in [9.17, 15) is 4.79 Å². The van der Waals surface area contributed by atoms with Crippen LogP contribution in [0, 0.1) is 0 Å². The molecule has 4 nitrogen and oxygen atoms in total. The fourth-order valence-corrected chi connectivity index (χ4v) is 1.47. The predicted molar refractivity (Wildman–Crippen MR) is 57.4 cm³/mol. The summed E-state index contributed by atoms with van der Waals surface area (Å²) in [6.07, 6.45) is 4.34. The smallest absolute Gasteiger partial charge is 0.138 e. The molecule has 0 aliphatic rings. The van der Waals surface area contributed by atoms with Crippen LogP contribution in [-0.4, -0.2) is 25.9 Å². The van der Waals surface area contributed by atoms with Crippen LogP contribution in [0.3, 0.4) is 0 Å². The summed E-state index contributed by atoms with van der Waals surface area (Å²) in [4.78, 5) is 15.4. The summed E-state index contributed by atoms with van der Waals surface area (Å²) in [6.45, 7) is 0. The first kappa shape index (κ1) is 11.4. The molecular weight excluding hydrogens is 246 g/mol. The second-order valence-electron chi connectivity index (χ2n) is 3.13. The lowest BCUT2D eigenvalue weighted by atomic mass is 10.1. The van der Waals surface area contributed by atoms with Crippen molar-refractivity contribution in [1.82, 2.24) is 14.8 Å². The maximum absolute atomic E-state index is 11.3. The van der Waals surface area contributed by atoms with Crippen LogP contribution in [0.5, 0.6) is 0 Å². The van der Waals surface area contributed by atoms with Crippen LogP contribution in [0.15, 0.2) is 6.33 Å². The lowest BCUT2D eigenvalue weighted by Crippen LogP contribution is -2.05. The summed E-state index contributed by atoms with van der Waals surface area (Å²) in [5.74, 6) is 1.17. The highest BCUT2D eigenvalue weighted by Gasteiger charge is 2.05. The molecule has 0 spiro atoms. The fourth-order valence-electron chi connectivity index (χ4n) is 1.19. The number of ketones is 1. The van der Waals surface area contributed by atoms with E-state index < -0.39 is 0 Å². The number of alkyl halides is 1. The first-order chi connectivity index (χ1) is 6.74. The first-order valence-electron chi connectivity index (χ1n) is 4.64. The zero-order valence-electron chi connectivity index (χ0n) is 8.24. The Kier molecular flexibility index (Phi) is 4.79. The van der Waals surface area contributed by atoms with Crippen LogP contribution >= 0.6 is 15.9 Å². The van der Waals surface area contributed by atoms with E-state index in [2.05, 4.69) is 26.0 Å². The van der Waals surface area contributed by atoms with Crippen molar-refractivity contribution in [3.05, 3.63) is 12.2 Å². The van der Waals surface area contributed by atoms with E-state index in [-0.39, 0.29) is 0 Å². The number of aromatic nitrogens is 3. The van der Waals surface area contributed by atoms with Crippen LogP contribution in [0.2, 0.25) is 0 Å². The van der Waals surface area contributed by atoms with Crippen LogP contribution in [0.25, 0.3) is 0 Å². The standard InChI is InChI=1S/C9H14BrN3O/c1-13-9(11-7-12-13)5-4-8(14)3-2-6-10/h7H,2-6H2,1H3. The molecule has 0 unspecified atom stereocenters. The molecule has 0 aliphatic carbocycles. The van der Waals surface area contributed by atoms with Gasteiger partial charge in [0.1, 0.15) is 17.9 Å². The topological polar surface area (TPSA) is 47.8 Å². The van der Waals surface area contributed by atoms with Gasteiger partial charge in [-0.3, -0.25) is 9.48 Å². The van der Waals surface area contributed by atoms with E-state index >= 15 is 0 Å². The van der Waals surface area contributed by atoms with E-state index in [1.807, 2.05) is 7.05 Å². The lowest BCUT2D eigenvalue weighted by molar-refractivity contribution is -0.119. The summed E-state index contributed by atoms with van der Waals surface area (Å²) < 4.78 is 1.71. The van der Waals surface area contributed by atoms with Gasteiger partial charge in [0.05, 0.1) is 0 Å². The molecule has 0 bridgehead atoms. The van der Waals surface area contributed by atoms with Gasteiger partial charge in [0.25, 0.3) is 0 Å². The predicted octanol–water partition coefficient (Wildman–Crippen LogP) is 1.49. The van der Waals surface area contributed by atoms with Gasteiger partial charge in [-0.2, -0.15) is 5.10 Å². The number of Topliss-reactive ketones (excluding diaryl/α,β-unsaturated/α-hetero) is 1. The molecule has 0 N–H and O–H groups in total. The third-order valence-corrected chi connectivity index (χ3v) is 2.58. The SMILES string of the molecule is Cn1ncnc1CCC(=O)CCCBr. The molecule has 1 heterocycles. The van der Waals surface area contributed by atoms with Gasteiger partial charge in [-0.25, -0.2) is 4.98 Å². The van der Waals surface area contributed by atoms with Crippen molar-refractivity contribution in [2.24, 2.45) is 7.05 Å². The second-order valence-corrected chi connectivity index (χ2v) is 3.92. The fraction of sp³-hybridized carbons (Fsp3) is 0.667. The summed E-state index contributed by atoms with van der Waals surface area (Å²) >= 11 is 3.30. The van der Waals surface area contributed by atoms with Crippen LogP contribution in [0.4, 0.5) is 0 Å². The number of carbonyl (C=O) groups excluding carboxylic acids is 1. The normalized spacial score (nSPS) is 10.4. The van der Waals surface area contributed by atoms with Crippen LogP contribution in [-0.2, 0) is 18.3 Å². The molecule has 0 aromatic carbocycles. The molecule has 0 aliphatic heterocycles. The van der Waals surface area contributed by atoms with Crippen molar-refractivity contribution in [3.8, 4) is 0 Å². The van der Waals surface area contributed by atoms with E-state index in [0.29, 0.717) is 25.0 Å². The lowest BCUT2D eigenvalue weighted by Gasteiger charge is -1.99. The molecule has 1 aromatic rings. The van der Waals surface area contributed by atoms with Gasteiger partial charge in [-0.15, -0.1) is 0 Å². The van der Waals surface area contributed by atoms with Crippen molar-refractivity contribution in [2.75, 3.05) is 5.33 Å². The van der Waals surface area contributed by atoms with Crippen LogP contribution < -0.4 is 0 Å². The molecule has 5 heteroatoms. The molecular formula is C9H14BrN3O. The van der Waals surface area contributed by atoms with Crippen molar-refractivity contribution in [1.29, 1.82) is 0 Å². The average Bonchev–Trinajstić information content (AvgIpc) is 2.58. The Bertz CT molecular complexity index is 298. The molecule has 14 heavy (non-hydrogen) atoms. The Morgan fingerprint density at radius 1 is 1.57 bits per heavy atom. The zero-order valence-corrected chi connectivity index (χ0v) is 9.83. The van der Waals surface area contributed by atoms with Gasteiger partial charge in [-0.05, 0) is 6.42 Å².